The summed E-state index contributed by atoms with van der Waals surface area (Å²) >= 11 is 0. The van der Waals surface area contributed by atoms with E-state index in [1.165, 1.54) is 27.6 Å². The molecule has 0 radical (unpaired) electrons. The van der Waals surface area contributed by atoms with Gasteiger partial charge in [-0.3, -0.25) is 4.57 Å². The van der Waals surface area contributed by atoms with Crippen LogP contribution in [0.1, 0.15) is 0 Å². The fourth-order valence-corrected chi connectivity index (χ4v) is 9.92. The van der Waals surface area contributed by atoms with Crippen molar-refractivity contribution in [2.24, 2.45) is 0 Å². The highest BCUT2D eigenvalue weighted by Gasteiger charge is 2.23. The Hall–Kier alpha value is -9.19. The number of hydrogen-bond donors (Lipinski definition) is 0. The molecule has 0 aliphatic rings. The molecule has 0 saturated carbocycles. The van der Waals surface area contributed by atoms with Crippen LogP contribution in [0.2, 0.25) is 0 Å². The van der Waals surface area contributed by atoms with E-state index in [2.05, 4.69) is 258 Å². The predicted molar refractivity (Wildman–Crippen MR) is 281 cm³/mol. The Morgan fingerprint density at radius 3 is 1.16 bits per heavy atom. The molecular weight excluding hydrogens is 827 g/mol. The molecule has 0 atom stereocenters. The number of hydrogen-bond acceptors (Lipinski definition) is 3. The van der Waals surface area contributed by atoms with Crippen LogP contribution in [0, 0.1) is 0 Å². The normalized spacial score (nSPS) is 11.5. The van der Waals surface area contributed by atoms with Crippen molar-refractivity contribution in [3.63, 3.8) is 0 Å². The van der Waals surface area contributed by atoms with Crippen LogP contribution >= 0.6 is 0 Å². The first kappa shape index (κ1) is 39.2. The summed E-state index contributed by atoms with van der Waals surface area (Å²) in [6.07, 6.45) is 0. The van der Waals surface area contributed by atoms with Gasteiger partial charge in [-0.1, -0.05) is 212 Å². The van der Waals surface area contributed by atoms with Gasteiger partial charge in [0.05, 0.1) is 22.1 Å². The third-order valence-electron chi connectivity index (χ3n) is 13.2. The molecule has 68 heavy (non-hydrogen) atoms. The Labute approximate surface area is 393 Å². The SMILES string of the molecule is c1ccc(-c2ccc(-c3ccc(-c4nc(-c5cccc(-c6cccc(-c7ccccc7)c6)c5)nc(-n5c6ccccc6c6ccc7c8ccccc8n(-c8ccccc8)c7c65)n4)cc3)cc2)cc1. The lowest BCUT2D eigenvalue weighted by molar-refractivity contribution is 0.953. The largest absolute Gasteiger partial charge is 0.307 e. The van der Waals surface area contributed by atoms with Gasteiger partial charge in [-0.15, -0.1) is 0 Å². The Morgan fingerprint density at radius 2 is 0.603 bits per heavy atom. The lowest BCUT2D eigenvalue weighted by Gasteiger charge is -2.14. The van der Waals surface area contributed by atoms with E-state index in [1.54, 1.807) is 0 Å². The van der Waals surface area contributed by atoms with E-state index >= 15 is 0 Å². The molecule has 0 amide bonds. The first-order chi connectivity index (χ1) is 33.7. The molecule has 13 aromatic rings. The summed E-state index contributed by atoms with van der Waals surface area (Å²) in [6, 6.07) is 88.1. The Bertz CT molecular complexity index is 3980. The molecule has 0 saturated heterocycles. The van der Waals surface area contributed by atoms with Crippen molar-refractivity contribution >= 4 is 43.6 Å². The Morgan fingerprint density at radius 1 is 0.235 bits per heavy atom. The summed E-state index contributed by atoms with van der Waals surface area (Å²) in [7, 11) is 0. The number of nitrogens with zero attached hydrogens (tertiary/aromatic N) is 5. The summed E-state index contributed by atoms with van der Waals surface area (Å²) in [6.45, 7) is 0. The Kier molecular flexibility index (Phi) is 9.43. The maximum Gasteiger partial charge on any atom is 0.238 e. The van der Waals surface area contributed by atoms with Gasteiger partial charge in [0, 0.05) is 38.4 Å². The fraction of sp³-hybridized carbons (Fsp3) is 0. The first-order valence-corrected chi connectivity index (χ1v) is 23.0. The zero-order valence-corrected chi connectivity index (χ0v) is 36.9. The minimum atomic E-state index is 0.547. The van der Waals surface area contributed by atoms with Crippen LogP contribution in [0.25, 0.3) is 123 Å². The molecule has 13 rings (SSSR count). The smallest absolute Gasteiger partial charge is 0.238 e. The number of rotatable bonds is 8. The van der Waals surface area contributed by atoms with Crippen molar-refractivity contribution in [1.29, 1.82) is 0 Å². The highest BCUT2D eigenvalue weighted by Crippen LogP contribution is 2.42. The molecule has 10 aromatic carbocycles. The van der Waals surface area contributed by atoms with E-state index in [0.29, 0.717) is 17.6 Å². The van der Waals surface area contributed by atoms with Crippen molar-refractivity contribution in [2.75, 3.05) is 0 Å². The van der Waals surface area contributed by atoms with Crippen LogP contribution in [0.4, 0.5) is 0 Å². The second-order valence-corrected chi connectivity index (χ2v) is 17.2. The molecule has 5 nitrogen and oxygen atoms in total. The maximum atomic E-state index is 5.46. The van der Waals surface area contributed by atoms with Crippen molar-refractivity contribution in [3.8, 4) is 78.9 Å². The van der Waals surface area contributed by atoms with Crippen LogP contribution < -0.4 is 0 Å². The minimum absolute atomic E-state index is 0.547. The molecule has 3 aromatic heterocycles. The molecule has 0 fully saturated rings. The van der Waals surface area contributed by atoms with Gasteiger partial charge in [0.1, 0.15) is 0 Å². The second kappa shape index (κ2) is 16.4. The zero-order chi connectivity index (χ0) is 45.0. The van der Waals surface area contributed by atoms with Crippen LogP contribution in [0.5, 0.6) is 0 Å². The lowest BCUT2D eigenvalue weighted by Crippen LogP contribution is -2.07. The zero-order valence-electron chi connectivity index (χ0n) is 36.9. The van der Waals surface area contributed by atoms with Crippen LogP contribution in [-0.4, -0.2) is 24.1 Å². The van der Waals surface area contributed by atoms with Gasteiger partial charge in [-0.05, 0) is 80.9 Å². The summed E-state index contributed by atoms with van der Waals surface area (Å²) in [5.74, 6) is 1.73. The van der Waals surface area contributed by atoms with E-state index in [1.807, 2.05) is 0 Å². The van der Waals surface area contributed by atoms with Gasteiger partial charge in [-0.2, -0.15) is 9.97 Å². The van der Waals surface area contributed by atoms with Gasteiger partial charge >= 0.3 is 0 Å². The summed E-state index contributed by atoms with van der Waals surface area (Å²) < 4.78 is 4.65. The highest BCUT2D eigenvalue weighted by molar-refractivity contribution is 6.23. The molecule has 0 aliphatic carbocycles. The lowest BCUT2D eigenvalue weighted by atomic mass is 9.98. The molecule has 0 N–H and O–H groups in total. The minimum Gasteiger partial charge on any atom is -0.307 e. The fourth-order valence-electron chi connectivity index (χ4n) is 9.92. The molecule has 0 bridgehead atoms. The molecule has 3 heterocycles. The molecule has 5 heteroatoms. The van der Waals surface area contributed by atoms with Crippen molar-refractivity contribution in [2.45, 2.75) is 0 Å². The number of para-hydroxylation sites is 3. The van der Waals surface area contributed by atoms with Crippen LogP contribution in [0.15, 0.2) is 249 Å². The molecule has 318 valence electrons. The summed E-state index contributed by atoms with van der Waals surface area (Å²) in [5.41, 5.74) is 16.4. The number of aromatic nitrogens is 5. The topological polar surface area (TPSA) is 48.5 Å². The molecule has 0 unspecified atom stereocenters. The van der Waals surface area contributed by atoms with Gasteiger partial charge in [0.25, 0.3) is 0 Å². The van der Waals surface area contributed by atoms with Gasteiger partial charge in [-0.25, -0.2) is 4.98 Å². The van der Waals surface area contributed by atoms with E-state index in [4.69, 9.17) is 15.0 Å². The van der Waals surface area contributed by atoms with Crippen LogP contribution in [-0.2, 0) is 0 Å². The van der Waals surface area contributed by atoms with E-state index in [0.717, 1.165) is 77.3 Å². The van der Waals surface area contributed by atoms with E-state index in [9.17, 15) is 0 Å². The quantitative estimate of drug-likeness (QED) is 0.153. The van der Waals surface area contributed by atoms with Crippen molar-refractivity contribution in [3.05, 3.63) is 249 Å². The molecule has 0 spiro atoms. The van der Waals surface area contributed by atoms with Gasteiger partial charge < -0.3 is 4.57 Å². The van der Waals surface area contributed by atoms with Gasteiger partial charge in [0.2, 0.25) is 5.95 Å². The summed E-state index contributed by atoms with van der Waals surface area (Å²) in [5, 5.41) is 4.60. The first-order valence-electron chi connectivity index (χ1n) is 23.0. The Balaban J connectivity index is 1.02. The number of benzene rings is 10. The van der Waals surface area contributed by atoms with E-state index < -0.39 is 0 Å². The predicted octanol–water partition coefficient (Wildman–Crippen LogP) is 16.1. The maximum absolute atomic E-state index is 5.46. The standard InChI is InChI=1S/C63H41N5/c1-4-16-42(17-5-1)44-30-32-45(33-31-44)46-34-36-47(37-35-46)61-64-62(51-23-15-22-50(41-51)49-21-14-20-48(40-49)43-18-6-2-7-19-43)66-63(65-61)68-58-29-13-11-27-54(58)56-39-38-55-53-26-10-12-28-57(53)67(59(55)60(56)68)52-24-8-3-9-25-52/h1-41H. The monoisotopic (exact) mass is 867 g/mol. The van der Waals surface area contributed by atoms with Crippen LogP contribution in [0.3, 0.4) is 0 Å². The third-order valence-corrected chi connectivity index (χ3v) is 13.2. The second-order valence-electron chi connectivity index (χ2n) is 17.2. The highest BCUT2D eigenvalue weighted by atomic mass is 15.2. The average Bonchev–Trinajstić information content (AvgIpc) is 3.95. The number of fused-ring (bicyclic) bond motifs is 7. The summed E-state index contributed by atoms with van der Waals surface area (Å²) in [4.78, 5) is 16.2. The van der Waals surface area contributed by atoms with Gasteiger partial charge in [0.15, 0.2) is 11.6 Å². The third kappa shape index (κ3) is 6.76. The molecule has 0 aliphatic heterocycles. The van der Waals surface area contributed by atoms with Crippen molar-refractivity contribution < 1.29 is 0 Å². The molecular formula is C63H41N5. The average molecular weight is 868 g/mol. The van der Waals surface area contributed by atoms with Crippen molar-refractivity contribution in [1.82, 2.24) is 24.1 Å². The van der Waals surface area contributed by atoms with E-state index in [-0.39, 0.29) is 0 Å².